The van der Waals surface area contributed by atoms with Gasteiger partial charge in [-0.15, -0.1) is 0 Å². The molecule has 0 heterocycles. The molecule has 0 unspecified atom stereocenters. The van der Waals surface area contributed by atoms with Gasteiger partial charge in [-0.05, 0) is 25.0 Å². The van der Waals surface area contributed by atoms with Crippen molar-refractivity contribution in [3.63, 3.8) is 0 Å². The average molecular weight is 319 g/mol. The predicted molar refractivity (Wildman–Crippen MR) is 79.3 cm³/mol. The Morgan fingerprint density at radius 2 is 1.75 bits per heavy atom. The molecule has 4 N–H and O–H groups in total. The topological polar surface area (TPSA) is 92.4 Å². The predicted octanol–water partition coefficient (Wildman–Crippen LogP) is 2.95. The second-order valence-electron chi connectivity index (χ2n) is 4.31. The number of unbranched alkanes of at least 4 members (excludes halogenated alkanes) is 2. The number of aliphatic carboxylic acids is 1. The lowest BCUT2D eigenvalue weighted by Gasteiger charge is -2.07. The van der Waals surface area contributed by atoms with Crippen LogP contribution in [0.15, 0.2) is 12.1 Å². The van der Waals surface area contributed by atoms with Crippen molar-refractivity contribution in [3.8, 4) is 0 Å². The molecule has 5 nitrogen and oxygen atoms in total. The van der Waals surface area contributed by atoms with Gasteiger partial charge in [0.15, 0.2) is 0 Å². The normalized spacial score (nSPS) is 10.3. The maximum absolute atomic E-state index is 11.8. The number of nitrogens with two attached hydrogens (primary N) is 1. The van der Waals surface area contributed by atoms with Gasteiger partial charge in [0.05, 0.1) is 15.7 Å². The number of carbonyl (C=O) groups excluding carboxylic acids is 1. The lowest BCUT2D eigenvalue weighted by atomic mass is 10.1. The zero-order valence-corrected chi connectivity index (χ0v) is 12.3. The van der Waals surface area contributed by atoms with Crippen molar-refractivity contribution in [2.75, 3.05) is 12.3 Å². The number of carboxylic acids is 1. The molecule has 0 atom stereocenters. The van der Waals surface area contributed by atoms with E-state index in [0.717, 1.165) is 12.8 Å². The van der Waals surface area contributed by atoms with Crippen LogP contribution in [0.25, 0.3) is 0 Å². The Balaban J connectivity index is 2.38. The summed E-state index contributed by atoms with van der Waals surface area (Å²) >= 11 is 11.7. The van der Waals surface area contributed by atoms with Crippen molar-refractivity contribution in [3.05, 3.63) is 27.7 Å². The third-order valence-electron chi connectivity index (χ3n) is 2.69. The van der Waals surface area contributed by atoms with Crippen LogP contribution < -0.4 is 11.1 Å². The van der Waals surface area contributed by atoms with Crippen molar-refractivity contribution in [1.82, 2.24) is 5.32 Å². The van der Waals surface area contributed by atoms with Gasteiger partial charge >= 0.3 is 5.97 Å². The number of anilines is 1. The average Bonchev–Trinajstić information content (AvgIpc) is 2.38. The largest absolute Gasteiger partial charge is 0.481 e. The van der Waals surface area contributed by atoms with E-state index in [-0.39, 0.29) is 28.1 Å². The first-order valence-corrected chi connectivity index (χ1v) is 6.92. The van der Waals surface area contributed by atoms with Crippen LogP contribution in [-0.2, 0) is 4.79 Å². The summed E-state index contributed by atoms with van der Waals surface area (Å²) < 4.78 is 0. The van der Waals surface area contributed by atoms with Crippen molar-refractivity contribution < 1.29 is 14.7 Å². The first kappa shape index (κ1) is 16.6. The van der Waals surface area contributed by atoms with E-state index in [1.54, 1.807) is 0 Å². The van der Waals surface area contributed by atoms with Gasteiger partial charge in [-0.2, -0.15) is 0 Å². The number of hydrogen-bond acceptors (Lipinski definition) is 3. The maximum atomic E-state index is 11.8. The molecule has 0 aliphatic carbocycles. The summed E-state index contributed by atoms with van der Waals surface area (Å²) in [6.45, 7) is 0.470. The summed E-state index contributed by atoms with van der Waals surface area (Å²) in [5.74, 6) is -1.09. The Labute approximate surface area is 127 Å². The fraction of sp³-hybridized carbons (Fsp3) is 0.385. The highest BCUT2D eigenvalue weighted by Crippen LogP contribution is 2.28. The molecule has 0 fully saturated rings. The number of carbonyl (C=O) groups is 2. The van der Waals surface area contributed by atoms with E-state index in [9.17, 15) is 9.59 Å². The Morgan fingerprint density at radius 1 is 1.15 bits per heavy atom. The SMILES string of the molecule is Nc1c(Cl)cc(C(=O)NCCCCCC(=O)O)cc1Cl. The van der Waals surface area contributed by atoms with Crippen LogP contribution in [0.4, 0.5) is 5.69 Å². The molecule has 0 aliphatic heterocycles. The molecule has 1 aromatic carbocycles. The molecule has 0 aliphatic rings. The van der Waals surface area contributed by atoms with Gasteiger partial charge < -0.3 is 16.2 Å². The highest BCUT2D eigenvalue weighted by molar-refractivity contribution is 6.39. The standard InChI is InChI=1S/C13H16Cl2N2O3/c14-9-6-8(7-10(15)12(9)16)13(20)17-5-3-1-2-4-11(18)19/h6-7H,1-5,16H2,(H,17,20)(H,18,19). The van der Waals surface area contributed by atoms with E-state index < -0.39 is 5.97 Å². The van der Waals surface area contributed by atoms with Crippen LogP contribution in [0.3, 0.4) is 0 Å². The van der Waals surface area contributed by atoms with Crippen molar-refractivity contribution in [2.45, 2.75) is 25.7 Å². The fourth-order valence-corrected chi connectivity index (χ4v) is 2.08. The summed E-state index contributed by atoms with van der Waals surface area (Å²) in [7, 11) is 0. The van der Waals surface area contributed by atoms with E-state index in [1.807, 2.05) is 0 Å². The highest BCUT2D eigenvalue weighted by atomic mass is 35.5. The number of benzene rings is 1. The van der Waals surface area contributed by atoms with Gasteiger partial charge in [0.25, 0.3) is 5.91 Å². The molecule has 1 amide bonds. The number of hydrogen-bond donors (Lipinski definition) is 3. The number of rotatable bonds is 7. The van der Waals surface area contributed by atoms with Gasteiger partial charge in [0.1, 0.15) is 0 Å². The van der Waals surface area contributed by atoms with E-state index in [4.69, 9.17) is 34.0 Å². The minimum absolute atomic E-state index is 0.150. The smallest absolute Gasteiger partial charge is 0.303 e. The zero-order chi connectivity index (χ0) is 15.1. The molecule has 0 aromatic heterocycles. The molecule has 0 saturated carbocycles. The second-order valence-corrected chi connectivity index (χ2v) is 5.13. The summed E-state index contributed by atoms with van der Waals surface area (Å²) in [5, 5.41) is 11.7. The highest BCUT2D eigenvalue weighted by Gasteiger charge is 2.10. The van der Waals surface area contributed by atoms with Crippen LogP contribution in [0.1, 0.15) is 36.0 Å². The molecular formula is C13H16Cl2N2O3. The van der Waals surface area contributed by atoms with Gasteiger partial charge in [-0.1, -0.05) is 29.6 Å². The van der Waals surface area contributed by atoms with Crippen molar-refractivity contribution >= 4 is 40.8 Å². The van der Waals surface area contributed by atoms with Crippen LogP contribution in [-0.4, -0.2) is 23.5 Å². The molecule has 1 rings (SSSR count). The van der Waals surface area contributed by atoms with Gasteiger partial charge in [-0.3, -0.25) is 9.59 Å². The summed E-state index contributed by atoms with van der Waals surface area (Å²) in [6.07, 6.45) is 2.22. The Hall–Kier alpha value is -1.46. The molecule has 0 spiro atoms. The molecule has 1 aromatic rings. The number of nitrogen functional groups attached to an aromatic ring is 1. The lowest BCUT2D eigenvalue weighted by molar-refractivity contribution is -0.137. The van der Waals surface area contributed by atoms with Crippen LogP contribution >= 0.6 is 23.2 Å². The third-order valence-corrected chi connectivity index (χ3v) is 3.32. The van der Waals surface area contributed by atoms with E-state index in [0.29, 0.717) is 18.5 Å². The summed E-state index contributed by atoms with van der Waals surface area (Å²) in [6, 6.07) is 2.92. The van der Waals surface area contributed by atoms with E-state index in [1.165, 1.54) is 12.1 Å². The molecule has 0 saturated heterocycles. The molecular weight excluding hydrogens is 303 g/mol. The minimum atomic E-state index is -0.805. The molecule has 20 heavy (non-hydrogen) atoms. The Morgan fingerprint density at radius 3 is 2.30 bits per heavy atom. The van der Waals surface area contributed by atoms with Crippen LogP contribution in [0.2, 0.25) is 10.0 Å². The van der Waals surface area contributed by atoms with Crippen LogP contribution in [0.5, 0.6) is 0 Å². The van der Waals surface area contributed by atoms with Gasteiger partial charge in [0.2, 0.25) is 0 Å². The monoisotopic (exact) mass is 318 g/mol. The van der Waals surface area contributed by atoms with Gasteiger partial charge in [0, 0.05) is 18.5 Å². The van der Waals surface area contributed by atoms with Gasteiger partial charge in [-0.25, -0.2) is 0 Å². The first-order valence-electron chi connectivity index (χ1n) is 6.16. The number of halogens is 2. The quantitative estimate of drug-likeness (QED) is 0.532. The third kappa shape index (κ3) is 5.27. The molecule has 7 heteroatoms. The maximum Gasteiger partial charge on any atom is 0.303 e. The zero-order valence-electron chi connectivity index (χ0n) is 10.8. The molecule has 110 valence electrons. The summed E-state index contributed by atoms with van der Waals surface area (Å²) in [5.41, 5.74) is 6.18. The Kier molecular flexibility index (Phi) is 6.61. The number of amides is 1. The Bertz CT molecular complexity index is 483. The van der Waals surface area contributed by atoms with E-state index in [2.05, 4.69) is 5.32 Å². The molecule has 0 bridgehead atoms. The number of nitrogens with one attached hydrogen (secondary N) is 1. The number of carboxylic acid groups (broad SMARTS) is 1. The minimum Gasteiger partial charge on any atom is -0.481 e. The molecule has 0 radical (unpaired) electrons. The van der Waals surface area contributed by atoms with E-state index >= 15 is 0 Å². The lowest BCUT2D eigenvalue weighted by Crippen LogP contribution is -2.24. The van der Waals surface area contributed by atoms with Crippen LogP contribution in [0, 0.1) is 0 Å². The second kappa shape index (κ2) is 7.97. The van der Waals surface area contributed by atoms with Crippen molar-refractivity contribution in [1.29, 1.82) is 0 Å². The first-order chi connectivity index (χ1) is 9.41. The summed E-state index contributed by atoms with van der Waals surface area (Å²) in [4.78, 5) is 22.1. The fourth-order valence-electron chi connectivity index (χ4n) is 1.60. The van der Waals surface area contributed by atoms with Crippen molar-refractivity contribution in [2.24, 2.45) is 0 Å².